The molecule has 0 radical (unpaired) electrons. The van der Waals surface area contributed by atoms with Gasteiger partial charge in [0.25, 0.3) is 5.92 Å². The smallest absolute Gasteiger partial charge is 0.333 e. The molecule has 0 aliphatic rings. The molecule has 10 heteroatoms. The number of nitrogens with one attached hydrogen (secondary N) is 1. The fourth-order valence-corrected chi connectivity index (χ4v) is 3.10. The van der Waals surface area contributed by atoms with Gasteiger partial charge in [-0.1, -0.05) is 12.1 Å². The number of hydrogen-bond donors (Lipinski definition) is 2. The van der Waals surface area contributed by atoms with Gasteiger partial charge in [0.1, 0.15) is 19.0 Å². The number of hydrogen-bond acceptors (Lipinski definition) is 5. The molecule has 0 fully saturated rings. The Morgan fingerprint density at radius 2 is 1.85 bits per heavy atom. The van der Waals surface area contributed by atoms with E-state index in [4.69, 9.17) is 19.3 Å². The van der Waals surface area contributed by atoms with Crippen molar-refractivity contribution in [2.45, 2.75) is 58.6 Å². The molecule has 2 unspecified atom stereocenters. The standard InChI is InChI=1S/C23H36F2N2O6/c1-5-27(17(3)11-13-31-16-23(4,24)25)22(30)26-12-14-33-19-9-7-18(8-10-19)15-20(21(28)29)32-6-2/h7-10,17,20H,5-6,11-16H2,1-4H3,(H,26,30)(H,28,29). The number of urea groups is 1. The van der Waals surface area contributed by atoms with E-state index in [1.165, 1.54) is 0 Å². The van der Waals surface area contributed by atoms with Gasteiger partial charge in [-0.05, 0) is 44.9 Å². The molecular formula is C23H36F2N2O6. The number of benzene rings is 1. The van der Waals surface area contributed by atoms with Crippen molar-refractivity contribution < 1.29 is 37.7 Å². The van der Waals surface area contributed by atoms with Crippen LogP contribution in [0.4, 0.5) is 13.6 Å². The third-order valence-corrected chi connectivity index (χ3v) is 4.80. The molecule has 2 atom stereocenters. The van der Waals surface area contributed by atoms with Crippen LogP contribution < -0.4 is 10.1 Å². The molecule has 1 rings (SSSR count). The van der Waals surface area contributed by atoms with Gasteiger partial charge in [-0.2, -0.15) is 0 Å². The van der Waals surface area contributed by atoms with Crippen LogP contribution in [-0.4, -0.2) is 79.6 Å². The van der Waals surface area contributed by atoms with Gasteiger partial charge >= 0.3 is 12.0 Å². The van der Waals surface area contributed by atoms with E-state index in [2.05, 4.69) is 5.32 Å². The van der Waals surface area contributed by atoms with Crippen molar-refractivity contribution in [3.63, 3.8) is 0 Å². The molecule has 0 heterocycles. The van der Waals surface area contributed by atoms with Gasteiger partial charge in [0.2, 0.25) is 0 Å². The molecule has 1 aromatic rings. The van der Waals surface area contributed by atoms with Crippen molar-refractivity contribution in [1.29, 1.82) is 0 Å². The van der Waals surface area contributed by atoms with Crippen LogP contribution in [0.15, 0.2) is 24.3 Å². The van der Waals surface area contributed by atoms with Crippen molar-refractivity contribution >= 4 is 12.0 Å². The van der Waals surface area contributed by atoms with Crippen LogP contribution in [0, 0.1) is 0 Å². The van der Waals surface area contributed by atoms with E-state index < -0.39 is 24.6 Å². The van der Waals surface area contributed by atoms with Gasteiger partial charge in [0.15, 0.2) is 6.10 Å². The first-order chi connectivity index (χ1) is 15.6. The number of halogens is 2. The summed E-state index contributed by atoms with van der Waals surface area (Å²) in [5, 5.41) is 11.9. The average Bonchev–Trinajstić information content (AvgIpc) is 2.75. The first-order valence-corrected chi connectivity index (χ1v) is 11.1. The maximum absolute atomic E-state index is 12.8. The third-order valence-electron chi connectivity index (χ3n) is 4.80. The molecule has 0 aliphatic heterocycles. The summed E-state index contributed by atoms with van der Waals surface area (Å²) in [6, 6.07) is 6.60. The normalized spacial score (nSPS) is 13.3. The van der Waals surface area contributed by atoms with E-state index in [0.29, 0.717) is 25.3 Å². The van der Waals surface area contributed by atoms with Crippen molar-refractivity contribution in [2.75, 3.05) is 39.5 Å². The van der Waals surface area contributed by atoms with E-state index in [-0.39, 0.29) is 38.3 Å². The Morgan fingerprint density at radius 3 is 2.39 bits per heavy atom. The molecule has 8 nitrogen and oxygen atoms in total. The summed E-state index contributed by atoms with van der Waals surface area (Å²) in [5.74, 6) is -3.27. The molecule has 2 amide bonds. The van der Waals surface area contributed by atoms with Crippen LogP contribution in [0.25, 0.3) is 0 Å². The SMILES string of the molecule is CCOC(Cc1ccc(OCCNC(=O)N(CC)C(C)CCOCC(C)(F)F)cc1)C(=O)O. The fraction of sp³-hybridized carbons (Fsp3) is 0.652. The molecule has 2 N–H and O–H groups in total. The van der Waals surface area contributed by atoms with Crippen LogP contribution in [0.1, 0.15) is 39.7 Å². The largest absolute Gasteiger partial charge is 0.492 e. The van der Waals surface area contributed by atoms with E-state index in [0.717, 1.165) is 12.5 Å². The highest BCUT2D eigenvalue weighted by Crippen LogP contribution is 2.15. The molecule has 0 aliphatic carbocycles. The van der Waals surface area contributed by atoms with E-state index >= 15 is 0 Å². The number of nitrogens with zero attached hydrogens (tertiary/aromatic N) is 1. The first-order valence-electron chi connectivity index (χ1n) is 11.1. The number of carboxylic acid groups (broad SMARTS) is 1. The molecule has 0 spiro atoms. The maximum atomic E-state index is 12.8. The second-order valence-electron chi connectivity index (χ2n) is 7.76. The molecule has 0 bridgehead atoms. The minimum absolute atomic E-state index is 0.144. The average molecular weight is 475 g/mol. The number of aliphatic carboxylic acids is 1. The highest BCUT2D eigenvalue weighted by atomic mass is 19.3. The van der Waals surface area contributed by atoms with Gasteiger partial charge in [0, 0.05) is 39.1 Å². The zero-order valence-corrected chi connectivity index (χ0v) is 19.8. The Bertz CT molecular complexity index is 712. The number of ether oxygens (including phenoxy) is 3. The van der Waals surface area contributed by atoms with E-state index in [9.17, 15) is 18.4 Å². The third kappa shape index (κ3) is 11.8. The number of rotatable bonds is 16. The molecule has 188 valence electrons. The van der Waals surface area contributed by atoms with Crippen LogP contribution in [0.2, 0.25) is 0 Å². The topological polar surface area (TPSA) is 97.3 Å². The van der Waals surface area contributed by atoms with Gasteiger partial charge < -0.3 is 29.5 Å². The number of carbonyl (C=O) groups is 2. The molecule has 1 aromatic carbocycles. The molecular weight excluding hydrogens is 438 g/mol. The molecule has 0 aromatic heterocycles. The predicted octanol–water partition coefficient (Wildman–Crippen LogP) is 3.58. The monoisotopic (exact) mass is 474 g/mol. The Labute approximate surface area is 194 Å². The predicted molar refractivity (Wildman–Crippen MR) is 120 cm³/mol. The highest BCUT2D eigenvalue weighted by molar-refractivity contribution is 5.74. The van der Waals surface area contributed by atoms with E-state index in [1.54, 1.807) is 36.1 Å². The van der Waals surface area contributed by atoms with Gasteiger partial charge in [-0.25, -0.2) is 18.4 Å². The number of alkyl halides is 2. The number of carbonyl (C=O) groups excluding carboxylic acids is 1. The summed E-state index contributed by atoms with van der Waals surface area (Å²) in [6.07, 6.45) is -0.178. The lowest BCUT2D eigenvalue weighted by molar-refractivity contribution is -0.149. The van der Waals surface area contributed by atoms with E-state index in [1.807, 2.05) is 13.8 Å². The number of amides is 2. The number of carboxylic acids is 1. The van der Waals surface area contributed by atoms with Crippen molar-refractivity contribution in [2.24, 2.45) is 0 Å². The fourth-order valence-electron chi connectivity index (χ4n) is 3.10. The van der Waals surface area contributed by atoms with Gasteiger partial charge in [0.05, 0.1) is 6.54 Å². The minimum atomic E-state index is -2.87. The van der Waals surface area contributed by atoms with Gasteiger partial charge in [-0.3, -0.25) is 0 Å². The lowest BCUT2D eigenvalue weighted by atomic mass is 10.1. The lowest BCUT2D eigenvalue weighted by Crippen LogP contribution is -2.46. The van der Waals surface area contributed by atoms with Crippen molar-refractivity contribution in [3.8, 4) is 5.75 Å². The van der Waals surface area contributed by atoms with Crippen LogP contribution in [0.5, 0.6) is 5.75 Å². The zero-order chi connectivity index (χ0) is 24.9. The van der Waals surface area contributed by atoms with Gasteiger partial charge in [-0.15, -0.1) is 0 Å². The minimum Gasteiger partial charge on any atom is -0.492 e. The molecule has 0 saturated heterocycles. The maximum Gasteiger partial charge on any atom is 0.333 e. The second-order valence-corrected chi connectivity index (χ2v) is 7.76. The summed E-state index contributed by atoms with van der Waals surface area (Å²) in [7, 11) is 0. The molecule has 0 saturated carbocycles. The quantitative estimate of drug-likeness (QED) is 0.356. The first kappa shape index (κ1) is 28.6. The zero-order valence-electron chi connectivity index (χ0n) is 19.8. The molecule has 33 heavy (non-hydrogen) atoms. The summed E-state index contributed by atoms with van der Waals surface area (Å²) >= 11 is 0. The Balaban J connectivity index is 2.37. The lowest BCUT2D eigenvalue weighted by Gasteiger charge is -2.28. The highest BCUT2D eigenvalue weighted by Gasteiger charge is 2.22. The Hall–Kier alpha value is -2.46. The van der Waals surface area contributed by atoms with Crippen molar-refractivity contribution in [1.82, 2.24) is 10.2 Å². The van der Waals surface area contributed by atoms with Crippen molar-refractivity contribution in [3.05, 3.63) is 29.8 Å². The Morgan fingerprint density at radius 1 is 1.18 bits per heavy atom. The van der Waals surface area contributed by atoms with Crippen LogP contribution >= 0.6 is 0 Å². The van der Waals surface area contributed by atoms with Crippen LogP contribution in [-0.2, 0) is 20.7 Å². The van der Waals surface area contributed by atoms with Crippen LogP contribution in [0.3, 0.4) is 0 Å². The Kier molecular flexibility index (Phi) is 12.7. The summed E-state index contributed by atoms with van der Waals surface area (Å²) in [4.78, 5) is 25.2. The summed E-state index contributed by atoms with van der Waals surface area (Å²) in [5.41, 5.74) is 0.815. The summed E-state index contributed by atoms with van der Waals surface area (Å²) < 4.78 is 41.4. The summed E-state index contributed by atoms with van der Waals surface area (Å²) in [6.45, 7) is 7.07. The second kappa shape index (κ2) is 14.6.